The molecule has 1 amide bonds. The number of hydrogen-bond donors (Lipinski definition) is 2. The highest BCUT2D eigenvalue weighted by Crippen LogP contribution is 2.44. The molecule has 1 aliphatic rings. The molecule has 3 heterocycles. The van der Waals surface area contributed by atoms with Crippen molar-refractivity contribution in [1.29, 1.82) is 0 Å². The second kappa shape index (κ2) is 10.2. The minimum Gasteiger partial charge on any atom is -0.351 e. The molecule has 0 unspecified atom stereocenters. The summed E-state index contributed by atoms with van der Waals surface area (Å²) in [5.74, 6) is -0.180. The number of nitrogens with zero attached hydrogens (tertiary/aromatic N) is 3. The van der Waals surface area contributed by atoms with Crippen LogP contribution in [0.3, 0.4) is 0 Å². The minimum absolute atomic E-state index is 0.0698. The molecule has 39 heavy (non-hydrogen) atoms. The van der Waals surface area contributed by atoms with Crippen LogP contribution in [0.2, 0.25) is 0 Å². The third-order valence-electron chi connectivity index (χ3n) is 6.80. The highest BCUT2D eigenvalue weighted by molar-refractivity contribution is 7.80. The Balaban J connectivity index is 1.66. The van der Waals surface area contributed by atoms with Gasteiger partial charge in [0.05, 0.1) is 29.0 Å². The maximum Gasteiger partial charge on any atom is 0.418 e. The van der Waals surface area contributed by atoms with Crippen LogP contribution in [0.1, 0.15) is 47.2 Å². The molecule has 10 heteroatoms. The van der Waals surface area contributed by atoms with Crippen molar-refractivity contribution in [3.05, 3.63) is 107 Å². The largest absolute Gasteiger partial charge is 0.418 e. The van der Waals surface area contributed by atoms with Gasteiger partial charge in [0.2, 0.25) is 5.91 Å². The normalized spacial score (nSPS) is 17.3. The second-order valence-corrected chi connectivity index (χ2v) is 9.79. The summed E-state index contributed by atoms with van der Waals surface area (Å²) >= 11 is 5.79. The monoisotopic (exact) mass is 549 g/mol. The van der Waals surface area contributed by atoms with Gasteiger partial charge in [0.25, 0.3) is 0 Å². The fourth-order valence-corrected chi connectivity index (χ4v) is 5.57. The summed E-state index contributed by atoms with van der Waals surface area (Å²) in [6.45, 7) is 5.06. The molecule has 0 aliphatic carbocycles. The Morgan fingerprint density at radius 1 is 1.03 bits per heavy atom. The van der Waals surface area contributed by atoms with Crippen LogP contribution in [-0.2, 0) is 11.0 Å². The van der Waals surface area contributed by atoms with Crippen LogP contribution in [0, 0.1) is 13.8 Å². The molecule has 200 valence electrons. The van der Waals surface area contributed by atoms with Crippen molar-refractivity contribution < 1.29 is 18.0 Å². The number of hydrogen-bond acceptors (Lipinski definition) is 3. The predicted molar refractivity (Wildman–Crippen MR) is 149 cm³/mol. The van der Waals surface area contributed by atoms with Crippen molar-refractivity contribution in [3.63, 3.8) is 0 Å². The molecule has 0 radical (unpaired) electrons. The first-order chi connectivity index (χ1) is 18.6. The van der Waals surface area contributed by atoms with Crippen molar-refractivity contribution >= 4 is 34.6 Å². The van der Waals surface area contributed by atoms with Crippen LogP contribution in [0.25, 0.3) is 5.69 Å². The lowest BCUT2D eigenvalue weighted by molar-refractivity contribution is -0.137. The summed E-state index contributed by atoms with van der Waals surface area (Å²) in [4.78, 5) is 18.0. The number of anilines is 2. The van der Waals surface area contributed by atoms with Gasteiger partial charge in [0.15, 0.2) is 5.11 Å². The van der Waals surface area contributed by atoms with Gasteiger partial charge in [-0.05, 0) is 86.2 Å². The number of carbonyl (C=O) groups excluding carboxylic acids is 1. The number of nitrogens with one attached hydrogen (secondary N) is 2. The molecule has 5 rings (SSSR count). The van der Waals surface area contributed by atoms with E-state index in [1.165, 1.54) is 19.1 Å². The number of pyridine rings is 1. The zero-order chi connectivity index (χ0) is 27.9. The maximum absolute atomic E-state index is 14.0. The number of halogens is 3. The lowest BCUT2D eigenvalue weighted by atomic mass is 9.96. The van der Waals surface area contributed by atoms with Gasteiger partial charge in [-0.3, -0.25) is 9.78 Å². The van der Waals surface area contributed by atoms with Crippen LogP contribution in [0.15, 0.2) is 79.0 Å². The van der Waals surface area contributed by atoms with E-state index in [4.69, 9.17) is 12.2 Å². The number of aromatic nitrogens is 2. The molecule has 0 saturated carbocycles. The SMILES string of the molecule is CC(=O)Nc1ccc(N2C(=S)N[C@@H](c3ccccn3)[C@@H]2c2cc(C)n(-c3ccccc3C(F)(F)F)c2C)cc1. The summed E-state index contributed by atoms with van der Waals surface area (Å²) in [5.41, 5.74) is 3.68. The molecular formula is C29H26F3N5OS. The van der Waals surface area contributed by atoms with Crippen molar-refractivity contribution in [2.45, 2.75) is 39.0 Å². The number of para-hydroxylation sites is 1. The zero-order valence-corrected chi connectivity index (χ0v) is 22.3. The van der Waals surface area contributed by atoms with Crippen molar-refractivity contribution in [1.82, 2.24) is 14.9 Å². The molecule has 4 aromatic rings. The van der Waals surface area contributed by atoms with Gasteiger partial charge in [0, 0.05) is 35.9 Å². The number of carbonyl (C=O) groups is 1. The fraction of sp³-hybridized carbons (Fsp3) is 0.207. The van der Waals surface area contributed by atoms with E-state index in [0.29, 0.717) is 22.2 Å². The highest BCUT2D eigenvalue weighted by atomic mass is 32.1. The summed E-state index contributed by atoms with van der Waals surface area (Å²) < 4.78 is 43.5. The maximum atomic E-state index is 14.0. The predicted octanol–water partition coefficient (Wildman–Crippen LogP) is 6.64. The lowest BCUT2D eigenvalue weighted by Crippen LogP contribution is -2.29. The average molecular weight is 550 g/mol. The molecule has 1 saturated heterocycles. The number of rotatable bonds is 5. The molecule has 2 aromatic heterocycles. The fourth-order valence-electron chi connectivity index (χ4n) is 5.22. The number of benzene rings is 2. The van der Waals surface area contributed by atoms with Crippen LogP contribution in [-0.4, -0.2) is 20.6 Å². The highest BCUT2D eigenvalue weighted by Gasteiger charge is 2.43. The van der Waals surface area contributed by atoms with Crippen molar-refractivity contribution in [2.24, 2.45) is 0 Å². The Morgan fingerprint density at radius 3 is 2.36 bits per heavy atom. The number of alkyl halides is 3. The Bertz CT molecular complexity index is 1530. The van der Waals surface area contributed by atoms with E-state index in [2.05, 4.69) is 15.6 Å². The number of thiocarbonyl (C=S) groups is 1. The molecule has 6 nitrogen and oxygen atoms in total. The van der Waals surface area contributed by atoms with Crippen molar-refractivity contribution in [2.75, 3.05) is 10.2 Å². The van der Waals surface area contributed by atoms with Crippen LogP contribution in [0.4, 0.5) is 24.5 Å². The van der Waals surface area contributed by atoms with E-state index < -0.39 is 17.8 Å². The summed E-state index contributed by atoms with van der Waals surface area (Å²) in [7, 11) is 0. The summed E-state index contributed by atoms with van der Waals surface area (Å²) in [6.07, 6.45) is -2.81. The van der Waals surface area contributed by atoms with Gasteiger partial charge in [-0.15, -0.1) is 0 Å². The van der Waals surface area contributed by atoms with Crippen LogP contribution >= 0.6 is 12.2 Å². The van der Waals surface area contributed by atoms with Gasteiger partial charge >= 0.3 is 6.18 Å². The first-order valence-electron chi connectivity index (χ1n) is 12.3. The molecule has 2 N–H and O–H groups in total. The van der Waals surface area contributed by atoms with Gasteiger partial charge in [-0.25, -0.2) is 0 Å². The molecule has 0 spiro atoms. The van der Waals surface area contributed by atoms with Gasteiger partial charge < -0.3 is 20.1 Å². The zero-order valence-electron chi connectivity index (χ0n) is 21.5. The van der Waals surface area contributed by atoms with E-state index in [-0.39, 0.29) is 17.6 Å². The van der Waals surface area contributed by atoms with E-state index in [0.717, 1.165) is 23.0 Å². The molecule has 0 bridgehead atoms. The molecular weight excluding hydrogens is 523 g/mol. The third-order valence-corrected chi connectivity index (χ3v) is 7.12. The average Bonchev–Trinajstić information content (AvgIpc) is 3.39. The molecule has 1 fully saturated rings. The Kier molecular flexibility index (Phi) is 6.90. The lowest BCUT2D eigenvalue weighted by Gasteiger charge is -2.28. The quantitative estimate of drug-likeness (QED) is 0.273. The van der Waals surface area contributed by atoms with E-state index in [9.17, 15) is 18.0 Å². The van der Waals surface area contributed by atoms with E-state index in [1.807, 2.05) is 48.2 Å². The van der Waals surface area contributed by atoms with Gasteiger partial charge in [-0.2, -0.15) is 13.2 Å². The van der Waals surface area contributed by atoms with Crippen LogP contribution in [0.5, 0.6) is 0 Å². The molecule has 2 aromatic carbocycles. The van der Waals surface area contributed by atoms with Crippen LogP contribution < -0.4 is 15.5 Å². The number of aryl methyl sites for hydroxylation is 1. The molecule has 2 atom stereocenters. The first kappa shape index (κ1) is 26.4. The third kappa shape index (κ3) is 4.99. The minimum atomic E-state index is -4.51. The topological polar surface area (TPSA) is 62.2 Å². The first-order valence-corrected chi connectivity index (χ1v) is 12.7. The van der Waals surface area contributed by atoms with E-state index >= 15 is 0 Å². The number of amides is 1. The molecule has 1 aliphatic heterocycles. The second-order valence-electron chi connectivity index (χ2n) is 9.40. The standard InChI is InChI=1S/C29H26F3N5OS/c1-17-16-22(18(2)36(17)25-10-5-4-8-23(25)29(30,31)32)27-26(24-9-6-7-15-33-24)35-28(39)37(27)21-13-11-20(12-14-21)34-19(3)38/h4-16,26-27H,1-3H3,(H,34,38)(H,35,39)/t26-,27-/m0/s1. The van der Waals surface area contributed by atoms with E-state index in [1.54, 1.807) is 35.9 Å². The Hall–Kier alpha value is -4.18. The summed E-state index contributed by atoms with van der Waals surface area (Å²) in [5, 5.41) is 6.60. The van der Waals surface area contributed by atoms with Gasteiger partial charge in [0.1, 0.15) is 0 Å². The van der Waals surface area contributed by atoms with Crippen molar-refractivity contribution in [3.8, 4) is 5.69 Å². The smallest absolute Gasteiger partial charge is 0.351 e. The van der Waals surface area contributed by atoms with Gasteiger partial charge in [-0.1, -0.05) is 18.2 Å². The Labute approximate surface area is 229 Å². The Morgan fingerprint density at radius 2 is 1.72 bits per heavy atom. The summed E-state index contributed by atoms with van der Waals surface area (Å²) in [6, 6.07) is 19.6.